The van der Waals surface area contributed by atoms with E-state index in [2.05, 4.69) is 5.32 Å². The van der Waals surface area contributed by atoms with Gasteiger partial charge in [-0.1, -0.05) is 12.1 Å². The number of halogens is 5. The fraction of sp³-hybridized carbons (Fsp3) is 0.235. The molecule has 2 aromatic carbocycles. The molecule has 3 nitrogen and oxygen atoms in total. The van der Waals surface area contributed by atoms with Crippen molar-refractivity contribution in [3.05, 3.63) is 64.5 Å². The van der Waals surface area contributed by atoms with Crippen LogP contribution in [0.15, 0.2) is 24.3 Å². The Morgan fingerprint density at radius 1 is 0.880 bits per heavy atom. The molecule has 25 heavy (non-hydrogen) atoms. The molecule has 1 saturated carbocycles. The minimum atomic E-state index is -2.22. The van der Waals surface area contributed by atoms with Gasteiger partial charge in [-0.25, -0.2) is 22.0 Å². The summed E-state index contributed by atoms with van der Waals surface area (Å²) in [5.41, 5.74) is -0.487. The zero-order chi connectivity index (χ0) is 17.9. The zero-order valence-corrected chi connectivity index (χ0v) is 12.6. The number of benzene rings is 2. The molecule has 0 spiro atoms. The first kappa shape index (κ1) is 15.9. The highest BCUT2D eigenvalue weighted by Crippen LogP contribution is 2.42. The molecule has 1 aliphatic heterocycles. The van der Waals surface area contributed by atoms with Crippen LogP contribution in [0.25, 0.3) is 0 Å². The molecule has 0 saturated heterocycles. The summed E-state index contributed by atoms with van der Waals surface area (Å²) in [4.78, 5) is 13.9. The van der Waals surface area contributed by atoms with Crippen LogP contribution in [0.4, 0.5) is 27.6 Å². The van der Waals surface area contributed by atoms with Gasteiger partial charge >= 0.3 is 0 Å². The predicted octanol–water partition coefficient (Wildman–Crippen LogP) is 4.11. The smallest absolute Gasteiger partial charge is 0.258 e. The van der Waals surface area contributed by atoms with Crippen LogP contribution in [0.1, 0.15) is 34.9 Å². The van der Waals surface area contributed by atoms with Gasteiger partial charge in [-0.05, 0) is 25.0 Å². The lowest BCUT2D eigenvalue weighted by Crippen LogP contribution is -2.45. The normalized spacial score (nSPS) is 19.6. The number of fused-ring (bicyclic) bond motifs is 1. The van der Waals surface area contributed by atoms with Gasteiger partial charge in [0, 0.05) is 11.7 Å². The van der Waals surface area contributed by atoms with E-state index < -0.39 is 46.7 Å². The van der Waals surface area contributed by atoms with Gasteiger partial charge in [0.05, 0.1) is 11.1 Å². The lowest BCUT2D eigenvalue weighted by molar-refractivity contribution is 0.0658. The summed E-state index contributed by atoms with van der Waals surface area (Å²) in [6.45, 7) is 0. The highest BCUT2D eigenvalue weighted by atomic mass is 19.2. The van der Waals surface area contributed by atoms with Gasteiger partial charge in [0.15, 0.2) is 23.3 Å². The Kier molecular flexibility index (Phi) is 3.45. The quantitative estimate of drug-likeness (QED) is 0.500. The summed E-state index contributed by atoms with van der Waals surface area (Å²) in [5, 5.41) is 2.74. The van der Waals surface area contributed by atoms with E-state index >= 15 is 0 Å². The monoisotopic (exact) mass is 354 g/mol. The second kappa shape index (κ2) is 5.44. The van der Waals surface area contributed by atoms with Crippen LogP contribution in [0.3, 0.4) is 0 Å². The Morgan fingerprint density at radius 2 is 1.44 bits per heavy atom. The van der Waals surface area contributed by atoms with Crippen molar-refractivity contribution in [1.29, 1.82) is 0 Å². The predicted molar refractivity (Wildman–Crippen MR) is 78.2 cm³/mol. The lowest BCUT2D eigenvalue weighted by atomic mass is 10.0. The minimum Gasteiger partial charge on any atom is -0.361 e. The summed E-state index contributed by atoms with van der Waals surface area (Å²) in [5.74, 6) is -10.7. The first-order valence-corrected chi connectivity index (χ1v) is 7.61. The van der Waals surface area contributed by atoms with Gasteiger partial charge in [-0.2, -0.15) is 0 Å². The number of amides is 1. The molecule has 2 aromatic rings. The maximum absolute atomic E-state index is 14.2. The molecular weight excluding hydrogens is 343 g/mol. The molecule has 1 aliphatic carbocycles. The second-order valence-electron chi connectivity index (χ2n) is 6.02. The molecule has 130 valence electrons. The Balaban J connectivity index is 1.92. The molecular formula is C17H11F5N2O. The third-order valence-corrected chi connectivity index (χ3v) is 4.42. The maximum Gasteiger partial charge on any atom is 0.258 e. The topological polar surface area (TPSA) is 32.3 Å². The fourth-order valence-electron chi connectivity index (χ4n) is 3.07. The van der Waals surface area contributed by atoms with E-state index in [1.165, 1.54) is 12.1 Å². The van der Waals surface area contributed by atoms with Crippen molar-refractivity contribution in [1.82, 2.24) is 4.90 Å². The average molecular weight is 354 g/mol. The summed E-state index contributed by atoms with van der Waals surface area (Å²) in [6.07, 6.45) is -0.275. The standard InChI is InChI=1S/C17H11F5N2O/c18-11-10(12(19)14(21)15(22)13(11)20)16-23-9-4-2-1-3-8(9)17(25)24(16)7-5-6-7/h1-4,7,16,23H,5-6H2/t16-/m1/s1. The molecule has 2 aliphatic rings. The van der Waals surface area contributed by atoms with Crippen LogP contribution in [-0.4, -0.2) is 16.8 Å². The second-order valence-corrected chi connectivity index (χ2v) is 6.02. The molecule has 8 heteroatoms. The molecule has 0 radical (unpaired) electrons. The van der Waals surface area contributed by atoms with Crippen molar-refractivity contribution in [3.63, 3.8) is 0 Å². The molecule has 1 atom stereocenters. The van der Waals surface area contributed by atoms with E-state index in [0.717, 1.165) is 4.90 Å². The highest BCUT2D eigenvalue weighted by Gasteiger charge is 2.45. The SMILES string of the molecule is O=C1c2ccccc2N[C@@H](c2c(F)c(F)c(F)c(F)c2F)N1C1CC1. The zero-order valence-electron chi connectivity index (χ0n) is 12.6. The molecule has 0 aromatic heterocycles. The van der Waals surface area contributed by atoms with Crippen LogP contribution >= 0.6 is 0 Å². The summed E-state index contributed by atoms with van der Waals surface area (Å²) < 4.78 is 69.0. The number of carbonyl (C=O) groups excluding carboxylic acids is 1. The molecule has 1 heterocycles. The van der Waals surface area contributed by atoms with Gasteiger partial charge < -0.3 is 10.2 Å². The van der Waals surface area contributed by atoms with Gasteiger partial charge in [-0.15, -0.1) is 0 Å². The fourth-order valence-corrected chi connectivity index (χ4v) is 3.07. The highest BCUT2D eigenvalue weighted by molar-refractivity contribution is 6.02. The Labute approximate surface area is 139 Å². The minimum absolute atomic E-state index is 0.276. The number of rotatable bonds is 2. The lowest BCUT2D eigenvalue weighted by Gasteiger charge is -2.38. The Morgan fingerprint density at radius 3 is 2.04 bits per heavy atom. The van der Waals surface area contributed by atoms with Gasteiger partial charge in [-0.3, -0.25) is 4.79 Å². The number of para-hydroxylation sites is 1. The van der Waals surface area contributed by atoms with E-state index in [1.807, 2.05) is 0 Å². The van der Waals surface area contributed by atoms with Crippen molar-refractivity contribution in [2.45, 2.75) is 25.0 Å². The average Bonchev–Trinajstić information content (AvgIpc) is 3.43. The van der Waals surface area contributed by atoms with Crippen molar-refractivity contribution >= 4 is 11.6 Å². The molecule has 1 amide bonds. The number of nitrogens with one attached hydrogen (secondary N) is 1. The van der Waals surface area contributed by atoms with E-state index in [0.29, 0.717) is 12.8 Å². The van der Waals surface area contributed by atoms with Crippen molar-refractivity contribution in [2.24, 2.45) is 0 Å². The van der Waals surface area contributed by atoms with Crippen LogP contribution in [0.2, 0.25) is 0 Å². The van der Waals surface area contributed by atoms with E-state index in [9.17, 15) is 26.7 Å². The third-order valence-electron chi connectivity index (χ3n) is 4.42. The third kappa shape index (κ3) is 2.27. The van der Waals surface area contributed by atoms with E-state index in [1.54, 1.807) is 12.1 Å². The maximum atomic E-state index is 14.2. The molecule has 1 N–H and O–H groups in total. The number of hydrogen-bond donors (Lipinski definition) is 1. The van der Waals surface area contributed by atoms with E-state index in [-0.39, 0.29) is 17.3 Å². The molecule has 4 rings (SSSR count). The Hall–Kier alpha value is -2.64. The number of anilines is 1. The first-order chi connectivity index (χ1) is 11.9. The van der Waals surface area contributed by atoms with Crippen LogP contribution < -0.4 is 5.32 Å². The molecule has 1 fully saturated rings. The summed E-state index contributed by atoms with van der Waals surface area (Å²) in [6, 6.07) is 5.96. The summed E-state index contributed by atoms with van der Waals surface area (Å²) >= 11 is 0. The first-order valence-electron chi connectivity index (χ1n) is 7.61. The number of nitrogens with zero attached hydrogens (tertiary/aromatic N) is 1. The van der Waals surface area contributed by atoms with Crippen LogP contribution in [0, 0.1) is 29.1 Å². The Bertz CT molecular complexity index is 868. The largest absolute Gasteiger partial charge is 0.361 e. The molecule has 0 bridgehead atoms. The number of hydrogen-bond acceptors (Lipinski definition) is 2. The molecule has 0 unspecified atom stereocenters. The van der Waals surface area contributed by atoms with Crippen molar-refractivity contribution in [3.8, 4) is 0 Å². The van der Waals surface area contributed by atoms with E-state index in [4.69, 9.17) is 0 Å². The van der Waals surface area contributed by atoms with Crippen LogP contribution in [0.5, 0.6) is 0 Å². The van der Waals surface area contributed by atoms with Crippen molar-refractivity contribution in [2.75, 3.05) is 5.32 Å². The number of carbonyl (C=O) groups is 1. The van der Waals surface area contributed by atoms with Crippen LogP contribution in [-0.2, 0) is 0 Å². The van der Waals surface area contributed by atoms with Gasteiger partial charge in [0.1, 0.15) is 6.17 Å². The van der Waals surface area contributed by atoms with Crippen molar-refractivity contribution < 1.29 is 26.7 Å². The van der Waals surface area contributed by atoms with Gasteiger partial charge in [0.25, 0.3) is 5.91 Å². The summed E-state index contributed by atoms with van der Waals surface area (Å²) in [7, 11) is 0. The van der Waals surface area contributed by atoms with Gasteiger partial charge in [0.2, 0.25) is 5.82 Å².